The highest BCUT2D eigenvalue weighted by atomic mass is 16.5. The Labute approximate surface area is 165 Å². The highest BCUT2D eigenvalue weighted by molar-refractivity contribution is 5.90. The van der Waals surface area contributed by atoms with Gasteiger partial charge in [-0.1, -0.05) is 30.3 Å². The maximum Gasteiger partial charge on any atom is 0.331 e. The second-order valence-electron chi connectivity index (χ2n) is 5.95. The summed E-state index contributed by atoms with van der Waals surface area (Å²) in [6.45, 7) is 4.28. The van der Waals surface area contributed by atoms with Gasteiger partial charge in [0.25, 0.3) is 5.91 Å². The van der Waals surface area contributed by atoms with E-state index in [-0.39, 0.29) is 5.91 Å². The van der Waals surface area contributed by atoms with E-state index in [1.807, 2.05) is 55.5 Å². The summed E-state index contributed by atoms with van der Waals surface area (Å²) in [5.74, 6) is 0.458. The van der Waals surface area contributed by atoms with Crippen LogP contribution in [0.1, 0.15) is 25.0 Å². The van der Waals surface area contributed by atoms with Crippen molar-refractivity contribution in [1.82, 2.24) is 5.32 Å². The van der Waals surface area contributed by atoms with Crippen LogP contribution >= 0.6 is 0 Å². The van der Waals surface area contributed by atoms with Crippen LogP contribution in [0.25, 0.3) is 6.08 Å². The number of para-hydroxylation sites is 1. The van der Waals surface area contributed by atoms with Gasteiger partial charge in [-0.05, 0) is 43.7 Å². The van der Waals surface area contributed by atoms with E-state index in [1.165, 1.54) is 13.0 Å². The smallest absolute Gasteiger partial charge is 0.331 e. The molecule has 0 unspecified atom stereocenters. The van der Waals surface area contributed by atoms with Crippen molar-refractivity contribution in [3.05, 3.63) is 65.7 Å². The van der Waals surface area contributed by atoms with Crippen LogP contribution in [0.5, 0.6) is 11.5 Å². The Hall–Kier alpha value is -3.28. The molecule has 0 aliphatic carbocycles. The summed E-state index contributed by atoms with van der Waals surface area (Å²) in [4.78, 5) is 24.1. The van der Waals surface area contributed by atoms with E-state index >= 15 is 0 Å². The number of hydrogen-bond donors (Lipinski definition) is 1. The number of esters is 1. The van der Waals surface area contributed by atoms with Gasteiger partial charge in [0.2, 0.25) is 0 Å². The molecule has 28 heavy (non-hydrogen) atoms. The molecule has 2 aromatic carbocycles. The van der Waals surface area contributed by atoms with E-state index in [2.05, 4.69) is 5.32 Å². The third-order valence-corrected chi connectivity index (χ3v) is 3.91. The van der Waals surface area contributed by atoms with Crippen molar-refractivity contribution in [3.63, 3.8) is 0 Å². The molecule has 2 aromatic rings. The number of carbonyl (C=O) groups excluding carboxylic acids is 2. The zero-order valence-corrected chi connectivity index (χ0v) is 16.3. The van der Waals surface area contributed by atoms with Crippen LogP contribution in [0.2, 0.25) is 0 Å². The number of carbonyl (C=O) groups is 2. The van der Waals surface area contributed by atoms with Gasteiger partial charge in [0.05, 0.1) is 13.7 Å². The maximum absolute atomic E-state index is 12.1. The molecule has 0 spiro atoms. The van der Waals surface area contributed by atoms with E-state index in [4.69, 9.17) is 14.2 Å². The summed E-state index contributed by atoms with van der Waals surface area (Å²) < 4.78 is 15.8. The van der Waals surface area contributed by atoms with Gasteiger partial charge >= 0.3 is 5.97 Å². The molecule has 0 heterocycles. The Kier molecular flexibility index (Phi) is 8.09. The Morgan fingerprint density at radius 3 is 2.50 bits per heavy atom. The molecule has 0 aliphatic rings. The zero-order valence-electron chi connectivity index (χ0n) is 16.3. The average molecular weight is 383 g/mol. The summed E-state index contributed by atoms with van der Waals surface area (Å²) in [6, 6.07) is 14.7. The van der Waals surface area contributed by atoms with Crippen molar-refractivity contribution in [2.24, 2.45) is 0 Å². The van der Waals surface area contributed by atoms with E-state index < -0.39 is 12.1 Å². The molecule has 0 saturated heterocycles. The number of nitrogens with one attached hydrogen (secondary N) is 1. The van der Waals surface area contributed by atoms with E-state index in [0.717, 1.165) is 16.9 Å². The van der Waals surface area contributed by atoms with Gasteiger partial charge in [-0.3, -0.25) is 4.79 Å². The first-order valence-corrected chi connectivity index (χ1v) is 9.04. The van der Waals surface area contributed by atoms with Crippen LogP contribution in [-0.2, 0) is 20.9 Å². The SMILES string of the molecule is CCOc1ccccc1/C=C/C(=O)O[C@H](C)C(=O)NCc1ccc(OC)cc1. The van der Waals surface area contributed by atoms with Gasteiger partial charge < -0.3 is 19.5 Å². The van der Waals surface area contributed by atoms with Gasteiger partial charge in [-0.15, -0.1) is 0 Å². The molecule has 1 N–H and O–H groups in total. The molecule has 0 fully saturated rings. The molecule has 6 nitrogen and oxygen atoms in total. The number of methoxy groups -OCH3 is 1. The summed E-state index contributed by atoms with van der Waals surface area (Å²) >= 11 is 0. The number of ether oxygens (including phenoxy) is 3. The lowest BCUT2D eigenvalue weighted by Crippen LogP contribution is -2.35. The minimum absolute atomic E-state index is 0.336. The number of rotatable bonds is 9. The van der Waals surface area contributed by atoms with Crippen molar-refractivity contribution in [3.8, 4) is 11.5 Å². The van der Waals surface area contributed by atoms with Crippen LogP contribution in [0.4, 0.5) is 0 Å². The molecule has 0 saturated carbocycles. The average Bonchev–Trinajstić information content (AvgIpc) is 2.72. The molecule has 0 aliphatic heterocycles. The van der Waals surface area contributed by atoms with E-state index in [0.29, 0.717) is 18.9 Å². The topological polar surface area (TPSA) is 73.9 Å². The predicted octanol–water partition coefficient (Wildman–Crippen LogP) is 3.36. The first-order chi connectivity index (χ1) is 13.5. The zero-order chi connectivity index (χ0) is 20.4. The van der Waals surface area contributed by atoms with Crippen LogP contribution in [0.3, 0.4) is 0 Å². The summed E-state index contributed by atoms with van der Waals surface area (Å²) in [6.07, 6.45) is 1.98. The molecule has 1 amide bonds. The minimum Gasteiger partial charge on any atom is -0.497 e. The van der Waals surface area contributed by atoms with Gasteiger partial charge in [0.1, 0.15) is 11.5 Å². The summed E-state index contributed by atoms with van der Waals surface area (Å²) in [5, 5.41) is 2.74. The van der Waals surface area contributed by atoms with Crippen molar-refractivity contribution >= 4 is 18.0 Å². The lowest BCUT2D eigenvalue weighted by atomic mass is 10.2. The predicted molar refractivity (Wildman–Crippen MR) is 107 cm³/mol. The summed E-state index contributed by atoms with van der Waals surface area (Å²) in [7, 11) is 1.59. The van der Waals surface area contributed by atoms with Crippen molar-refractivity contribution < 1.29 is 23.8 Å². The lowest BCUT2D eigenvalue weighted by molar-refractivity contribution is -0.150. The second-order valence-corrected chi connectivity index (χ2v) is 5.95. The minimum atomic E-state index is -0.905. The highest BCUT2D eigenvalue weighted by Gasteiger charge is 2.16. The van der Waals surface area contributed by atoms with Crippen LogP contribution in [0, 0.1) is 0 Å². The molecule has 6 heteroatoms. The van der Waals surface area contributed by atoms with E-state index in [1.54, 1.807) is 13.2 Å². The standard InChI is InChI=1S/C22H25NO5/c1-4-27-20-8-6-5-7-18(20)11-14-21(24)28-16(2)22(25)23-15-17-9-12-19(26-3)13-10-17/h5-14,16H,4,15H2,1-3H3,(H,23,25)/b14-11+/t16-/m1/s1. The normalized spacial score (nSPS) is 11.7. The van der Waals surface area contributed by atoms with Gasteiger partial charge in [-0.25, -0.2) is 4.79 Å². The van der Waals surface area contributed by atoms with Crippen LogP contribution in [-0.4, -0.2) is 31.7 Å². The van der Waals surface area contributed by atoms with Gasteiger partial charge in [0, 0.05) is 18.2 Å². The van der Waals surface area contributed by atoms with Crippen molar-refractivity contribution in [2.45, 2.75) is 26.5 Å². The van der Waals surface area contributed by atoms with Gasteiger partial charge in [0.15, 0.2) is 6.10 Å². The molecule has 2 rings (SSSR count). The maximum atomic E-state index is 12.1. The van der Waals surface area contributed by atoms with Crippen molar-refractivity contribution in [2.75, 3.05) is 13.7 Å². The van der Waals surface area contributed by atoms with Crippen molar-refractivity contribution in [1.29, 1.82) is 0 Å². The van der Waals surface area contributed by atoms with Crippen LogP contribution in [0.15, 0.2) is 54.6 Å². The first kappa shape index (κ1) is 21.0. The molecule has 1 atom stereocenters. The van der Waals surface area contributed by atoms with Gasteiger partial charge in [-0.2, -0.15) is 0 Å². The molecule has 0 aromatic heterocycles. The largest absolute Gasteiger partial charge is 0.497 e. The molecule has 148 valence electrons. The quantitative estimate of drug-likeness (QED) is 0.531. The van der Waals surface area contributed by atoms with Crippen LogP contribution < -0.4 is 14.8 Å². The Bertz CT molecular complexity index is 814. The first-order valence-electron chi connectivity index (χ1n) is 9.04. The molecule has 0 radical (unpaired) electrons. The molecular formula is C22H25NO5. The molecule has 0 bridgehead atoms. The molecular weight excluding hydrogens is 358 g/mol. The Balaban J connectivity index is 1.84. The monoisotopic (exact) mass is 383 g/mol. The Morgan fingerprint density at radius 1 is 1.11 bits per heavy atom. The van der Waals surface area contributed by atoms with E-state index in [9.17, 15) is 9.59 Å². The third-order valence-electron chi connectivity index (χ3n) is 3.91. The fourth-order valence-electron chi connectivity index (χ4n) is 2.41. The second kappa shape index (κ2) is 10.8. The Morgan fingerprint density at radius 2 is 1.82 bits per heavy atom. The number of benzene rings is 2. The third kappa shape index (κ3) is 6.46. The summed E-state index contributed by atoms with van der Waals surface area (Å²) in [5.41, 5.74) is 1.68. The highest BCUT2D eigenvalue weighted by Crippen LogP contribution is 2.19. The number of hydrogen-bond acceptors (Lipinski definition) is 5. The number of amides is 1. The fraction of sp³-hybridized carbons (Fsp3) is 0.273. The fourth-order valence-corrected chi connectivity index (χ4v) is 2.41. The lowest BCUT2D eigenvalue weighted by Gasteiger charge is -2.12.